The van der Waals surface area contributed by atoms with Crippen molar-refractivity contribution in [3.63, 3.8) is 0 Å². The molecule has 0 saturated heterocycles. The van der Waals surface area contributed by atoms with E-state index < -0.39 is 0 Å². The number of hydrogen-bond acceptors (Lipinski definition) is 5. The first kappa shape index (κ1) is 15.5. The molecule has 20 heavy (non-hydrogen) atoms. The number of aromatic nitrogens is 1. The summed E-state index contributed by atoms with van der Waals surface area (Å²) in [4.78, 5) is 6.02. The van der Waals surface area contributed by atoms with Crippen LogP contribution in [-0.4, -0.2) is 19.1 Å². The summed E-state index contributed by atoms with van der Waals surface area (Å²) >= 11 is 3.47. The highest BCUT2D eigenvalue weighted by Gasteiger charge is 2.21. The van der Waals surface area contributed by atoms with Crippen LogP contribution in [0.1, 0.15) is 42.4 Å². The van der Waals surface area contributed by atoms with Crippen LogP contribution in [0.15, 0.2) is 16.8 Å². The van der Waals surface area contributed by atoms with Crippen molar-refractivity contribution in [3.8, 4) is 5.75 Å². The molecule has 0 fully saturated rings. The molecule has 0 aliphatic heterocycles. The van der Waals surface area contributed by atoms with Crippen molar-refractivity contribution in [3.05, 3.63) is 32.4 Å². The monoisotopic (exact) mass is 310 g/mol. The van der Waals surface area contributed by atoms with Gasteiger partial charge in [0, 0.05) is 17.2 Å². The van der Waals surface area contributed by atoms with Gasteiger partial charge in [-0.05, 0) is 18.5 Å². The van der Waals surface area contributed by atoms with Gasteiger partial charge in [0.2, 0.25) is 0 Å². The third-order valence-corrected chi connectivity index (χ3v) is 5.12. The Hall–Kier alpha value is -0.910. The average Bonchev–Trinajstić information content (AvgIpc) is 3.03. The van der Waals surface area contributed by atoms with Crippen molar-refractivity contribution in [2.75, 3.05) is 14.2 Å². The summed E-state index contributed by atoms with van der Waals surface area (Å²) in [6.07, 6.45) is 0.897. The van der Waals surface area contributed by atoms with Crippen molar-refractivity contribution in [2.24, 2.45) is 0 Å². The first-order chi connectivity index (χ1) is 9.45. The smallest absolute Gasteiger partial charge is 0.134 e. The third-order valence-electron chi connectivity index (χ3n) is 3.24. The van der Waals surface area contributed by atoms with Crippen LogP contribution in [-0.2, 0) is 11.8 Å². The number of nitrogens with zero attached hydrogens (tertiary/aromatic N) is 1. The summed E-state index contributed by atoms with van der Waals surface area (Å²) in [6.45, 7) is 6.59. The number of thiazole rings is 1. The maximum Gasteiger partial charge on any atom is 0.134 e. The normalized spacial score (nSPS) is 13.4. The number of nitrogens with one attached hydrogen (secondary N) is 1. The maximum absolute atomic E-state index is 5.42. The van der Waals surface area contributed by atoms with E-state index in [9.17, 15) is 0 Å². The molecule has 0 radical (unpaired) electrons. The molecule has 1 N–H and O–H groups in total. The van der Waals surface area contributed by atoms with Crippen molar-refractivity contribution < 1.29 is 4.74 Å². The van der Waals surface area contributed by atoms with Crippen LogP contribution >= 0.6 is 22.7 Å². The predicted octanol–water partition coefficient (Wildman–Crippen LogP) is 4.01. The molecule has 2 heterocycles. The number of likely N-dealkylation sites (N-methyl/N-ethyl adjacent to an activating group) is 1. The number of thiophene rings is 1. The number of hydrogen-bond donors (Lipinski definition) is 1. The van der Waals surface area contributed by atoms with Gasteiger partial charge in [-0.1, -0.05) is 20.8 Å². The largest absolute Gasteiger partial charge is 0.496 e. The molecule has 2 aromatic heterocycles. The fourth-order valence-electron chi connectivity index (χ4n) is 1.98. The number of ether oxygens (including phenoxy) is 1. The van der Waals surface area contributed by atoms with Crippen LogP contribution in [0.5, 0.6) is 5.75 Å². The fraction of sp³-hybridized carbons (Fsp3) is 0.533. The maximum atomic E-state index is 5.42. The Bertz CT molecular complexity index is 554. The lowest BCUT2D eigenvalue weighted by Crippen LogP contribution is -2.18. The molecule has 0 amide bonds. The van der Waals surface area contributed by atoms with E-state index in [1.807, 2.05) is 13.1 Å². The number of methoxy groups -OCH3 is 1. The quantitative estimate of drug-likeness (QED) is 0.906. The van der Waals surface area contributed by atoms with Crippen LogP contribution in [0.2, 0.25) is 0 Å². The van der Waals surface area contributed by atoms with Gasteiger partial charge in [0.1, 0.15) is 5.75 Å². The van der Waals surface area contributed by atoms with Gasteiger partial charge in [-0.25, -0.2) is 4.98 Å². The van der Waals surface area contributed by atoms with E-state index in [1.54, 1.807) is 29.8 Å². The summed E-state index contributed by atoms with van der Waals surface area (Å²) in [7, 11) is 3.71. The molecule has 0 spiro atoms. The van der Waals surface area contributed by atoms with Gasteiger partial charge < -0.3 is 10.1 Å². The Morgan fingerprint density at radius 1 is 1.35 bits per heavy atom. The first-order valence-corrected chi connectivity index (χ1v) is 8.45. The molecule has 0 bridgehead atoms. The van der Waals surface area contributed by atoms with Crippen LogP contribution in [0.4, 0.5) is 0 Å². The molecule has 3 nitrogen and oxygen atoms in total. The minimum Gasteiger partial charge on any atom is -0.496 e. The van der Waals surface area contributed by atoms with E-state index in [4.69, 9.17) is 9.72 Å². The summed E-state index contributed by atoms with van der Waals surface area (Å²) in [5.74, 6) is 0.960. The molecule has 2 rings (SSSR count). The van der Waals surface area contributed by atoms with Crippen LogP contribution < -0.4 is 10.1 Å². The lowest BCUT2D eigenvalue weighted by molar-refractivity contribution is 0.405. The highest BCUT2D eigenvalue weighted by molar-refractivity contribution is 7.10. The van der Waals surface area contributed by atoms with Gasteiger partial charge in [-0.2, -0.15) is 0 Å². The zero-order chi connectivity index (χ0) is 14.8. The molecule has 1 unspecified atom stereocenters. The molecule has 0 aliphatic rings. The van der Waals surface area contributed by atoms with Gasteiger partial charge in [-0.15, -0.1) is 22.7 Å². The Morgan fingerprint density at radius 2 is 2.10 bits per heavy atom. The van der Waals surface area contributed by atoms with E-state index in [2.05, 4.69) is 36.8 Å². The first-order valence-electron chi connectivity index (χ1n) is 6.69. The van der Waals surface area contributed by atoms with Crippen molar-refractivity contribution in [2.45, 2.75) is 38.6 Å². The third kappa shape index (κ3) is 3.40. The molecule has 0 aromatic carbocycles. The van der Waals surface area contributed by atoms with Crippen LogP contribution in [0, 0.1) is 0 Å². The molecular weight excluding hydrogens is 288 g/mol. The molecule has 1 atom stereocenters. The van der Waals surface area contributed by atoms with E-state index in [0.29, 0.717) is 0 Å². The minimum absolute atomic E-state index is 0.116. The second kappa shape index (κ2) is 6.24. The molecular formula is C15H22N2OS2. The molecule has 0 saturated carbocycles. The highest BCUT2D eigenvalue weighted by atomic mass is 32.1. The lowest BCUT2D eigenvalue weighted by Gasteiger charge is -2.16. The Kier molecular flexibility index (Phi) is 4.83. The van der Waals surface area contributed by atoms with Crippen molar-refractivity contribution >= 4 is 22.7 Å². The van der Waals surface area contributed by atoms with Gasteiger partial charge in [0.05, 0.1) is 28.7 Å². The fourth-order valence-corrected chi connectivity index (χ4v) is 4.02. The minimum atomic E-state index is 0.116. The number of rotatable bonds is 5. The van der Waals surface area contributed by atoms with Crippen molar-refractivity contribution in [1.29, 1.82) is 0 Å². The van der Waals surface area contributed by atoms with E-state index in [0.717, 1.165) is 12.2 Å². The van der Waals surface area contributed by atoms with Gasteiger partial charge >= 0.3 is 0 Å². The van der Waals surface area contributed by atoms with Crippen LogP contribution in [0.3, 0.4) is 0 Å². The highest BCUT2D eigenvalue weighted by Crippen LogP contribution is 2.33. The standard InChI is InChI=1S/C15H22N2OS2/c1-15(2,3)12-9-20-13(17-12)8-10(16-4)14-11(18-5)6-7-19-14/h6-7,9-10,16H,8H2,1-5H3. The topological polar surface area (TPSA) is 34.2 Å². The van der Waals surface area contributed by atoms with E-state index >= 15 is 0 Å². The Morgan fingerprint density at radius 3 is 2.65 bits per heavy atom. The second-order valence-corrected chi connectivity index (χ2v) is 7.67. The van der Waals surface area contributed by atoms with Gasteiger partial charge in [-0.3, -0.25) is 0 Å². The van der Waals surface area contributed by atoms with E-state index in [-0.39, 0.29) is 11.5 Å². The zero-order valence-electron chi connectivity index (χ0n) is 12.7. The van der Waals surface area contributed by atoms with E-state index in [1.165, 1.54) is 15.6 Å². The summed E-state index contributed by atoms with van der Waals surface area (Å²) in [6, 6.07) is 2.27. The lowest BCUT2D eigenvalue weighted by atomic mass is 9.93. The van der Waals surface area contributed by atoms with Gasteiger partial charge in [0.15, 0.2) is 0 Å². The predicted molar refractivity (Wildman–Crippen MR) is 87.2 cm³/mol. The average molecular weight is 310 g/mol. The Labute approximate surface area is 129 Å². The molecule has 110 valence electrons. The summed E-state index contributed by atoms with van der Waals surface area (Å²) in [5.41, 5.74) is 1.29. The SMILES string of the molecule is CNC(Cc1nc(C(C)(C)C)cs1)c1sccc1OC. The zero-order valence-corrected chi connectivity index (χ0v) is 14.3. The van der Waals surface area contributed by atoms with Crippen LogP contribution in [0.25, 0.3) is 0 Å². The second-order valence-electron chi connectivity index (χ2n) is 5.78. The summed E-state index contributed by atoms with van der Waals surface area (Å²) < 4.78 is 5.42. The molecule has 2 aromatic rings. The van der Waals surface area contributed by atoms with Crippen molar-refractivity contribution in [1.82, 2.24) is 10.3 Å². The van der Waals surface area contributed by atoms with Gasteiger partial charge in [0.25, 0.3) is 0 Å². The molecule has 5 heteroatoms. The summed E-state index contributed by atoms with van der Waals surface area (Å²) in [5, 5.41) is 8.79. The molecule has 0 aliphatic carbocycles. The Balaban J connectivity index is 2.17.